The van der Waals surface area contributed by atoms with Gasteiger partial charge in [0.1, 0.15) is 17.9 Å². The number of nitrogens with zero attached hydrogens (tertiary/aromatic N) is 4. The summed E-state index contributed by atoms with van der Waals surface area (Å²) in [5, 5.41) is 2.80. The highest BCUT2D eigenvalue weighted by atomic mass is 35.5. The number of hydrogen-bond acceptors (Lipinski definition) is 6. The number of hydrogen-bond donors (Lipinski definition) is 1. The maximum absolute atomic E-state index is 14.4. The van der Waals surface area contributed by atoms with E-state index in [4.69, 9.17) is 27.9 Å². The number of pyridine rings is 1. The second kappa shape index (κ2) is 8.04. The average molecular weight is 448 g/mol. The Balaban J connectivity index is 1.60. The molecule has 1 aromatic carbocycles. The fourth-order valence-corrected chi connectivity index (χ4v) is 3.41. The van der Waals surface area contributed by atoms with Gasteiger partial charge >= 0.3 is 0 Å². The van der Waals surface area contributed by atoms with Gasteiger partial charge in [0.25, 0.3) is 0 Å². The van der Waals surface area contributed by atoms with E-state index in [0.717, 1.165) is 0 Å². The fourth-order valence-electron chi connectivity index (χ4n) is 3.10. The van der Waals surface area contributed by atoms with E-state index in [2.05, 4.69) is 26.8 Å². The Labute approximate surface area is 181 Å². The molecule has 10 heteroatoms. The maximum atomic E-state index is 14.4. The Bertz CT molecular complexity index is 1160. The lowest BCUT2D eigenvalue weighted by Gasteiger charge is -2.44. The van der Waals surface area contributed by atoms with Crippen LogP contribution in [0.2, 0.25) is 10.0 Å². The van der Waals surface area contributed by atoms with Gasteiger partial charge < -0.3 is 15.0 Å². The van der Waals surface area contributed by atoms with Gasteiger partial charge in [0.15, 0.2) is 11.6 Å². The molecule has 1 amide bonds. The molecule has 1 saturated heterocycles. The topological polar surface area (TPSA) is 80.2 Å². The molecule has 1 fully saturated rings. The third kappa shape index (κ3) is 3.64. The smallest absolute Gasteiger partial charge is 0.246 e. The normalized spacial score (nSPS) is 18.1. The van der Waals surface area contributed by atoms with E-state index in [0.29, 0.717) is 23.5 Å². The summed E-state index contributed by atoms with van der Waals surface area (Å²) in [6, 6.07) is 6.24. The van der Waals surface area contributed by atoms with Gasteiger partial charge in [-0.3, -0.25) is 4.79 Å². The van der Waals surface area contributed by atoms with Gasteiger partial charge in [-0.05, 0) is 31.2 Å². The highest BCUT2D eigenvalue weighted by Crippen LogP contribution is 2.33. The summed E-state index contributed by atoms with van der Waals surface area (Å²) in [6.45, 7) is 5.82. The number of nitrogens with one attached hydrogen (secondary N) is 1. The van der Waals surface area contributed by atoms with E-state index in [9.17, 15) is 9.18 Å². The van der Waals surface area contributed by atoms with Crippen molar-refractivity contribution in [2.24, 2.45) is 0 Å². The maximum Gasteiger partial charge on any atom is 0.246 e. The van der Waals surface area contributed by atoms with Crippen molar-refractivity contribution in [1.29, 1.82) is 0 Å². The zero-order chi connectivity index (χ0) is 21.4. The largest absolute Gasteiger partial charge is 0.470 e. The number of rotatable bonds is 5. The summed E-state index contributed by atoms with van der Waals surface area (Å²) in [7, 11) is 0. The van der Waals surface area contributed by atoms with Gasteiger partial charge in [0.05, 0.1) is 33.8 Å². The molecule has 3 heterocycles. The van der Waals surface area contributed by atoms with Crippen molar-refractivity contribution in [3.8, 4) is 5.88 Å². The van der Waals surface area contributed by atoms with E-state index >= 15 is 0 Å². The summed E-state index contributed by atoms with van der Waals surface area (Å²) < 4.78 is 20.3. The van der Waals surface area contributed by atoms with Crippen LogP contribution in [-0.2, 0) is 4.79 Å². The molecule has 2 atom stereocenters. The van der Waals surface area contributed by atoms with Crippen LogP contribution < -0.4 is 10.1 Å². The van der Waals surface area contributed by atoms with Crippen LogP contribution in [0.3, 0.4) is 0 Å². The predicted molar refractivity (Wildman–Crippen MR) is 113 cm³/mol. The van der Waals surface area contributed by atoms with E-state index < -0.39 is 5.82 Å². The number of fused-ring (bicyclic) bond motifs is 1. The summed E-state index contributed by atoms with van der Waals surface area (Å²) in [5.74, 6) is -0.207. The van der Waals surface area contributed by atoms with Gasteiger partial charge in [-0.2, -0.15) is 0 Å². The molecular weight excluding hydrogens is 432 g/mol. The monoisotopic (exact) mass is 447 g/mol. The van der Waals surface area contributed by atoms with Gasteiger partial charge in [0.2, 0.25) is 11.8 Å². The number of benzene rings is 1. The number of ether oxygens (including phenoxy) is 1. The van der Waals surface area contributed by atoms with Gasteiger partial charge in [-0.1, -0.05) is 29.8 Å². The minimum Gasteiger partial charge on any atom is -0.470 e. The Morgan fingerprint density at radius 3 is 2.87 bits per heavy atom. The quantitative estimate of drug-likeness (QED) is 0.461. The highest BCUT2D eigenvalue weighted by Gasteiger charge is 2.39. The van der Waals surface area contributed by atoms with Crippen LogP contribution in [0.25, 0.3) is 11.0 Å². The van der Waals surface area contributed by atoms with Crippen LogP contribution in [0.4, 0.5) is 15.9 Å². The fraction of sp³-hybridized carbons (Fsp3) is 0.200. The molecule has 1 N–H and O–H groups in total. The van der Waals surface area contributed by atoms with Crippen LogP contribution in [-0.4, -0.2) is 44.4 Å². The number of likely N-dealkylation sites (tertiary alicyclic amines) is 1. The molecule has 0 bridgehead atoms. The van der Waals surface area contributed by atoms with Crippen LogP contribution >= 0.6 is 23.2 Å². The Kier molecular flexibility index (Phi) is 5.44. The molecule has 0 aliphatic carbocycles. The lowest BCUT2D eigenvalue weighted by atomic mass is 10.0. The third-order valence-electron chi connectivity index (χ3n) is 4.88. The molecule has 1 aliphatic rings. The number of aromatic nitrogens is 3. The molecule has 2 aromatic heterocycles. The lowest BCUT2D eigenvalue weighted by Crippen LogP contribution is -2.62. The van der Waals surface area contributed by atoms with Gasteiger partial charge in [0, 0.05) is 6.07 Å². The zero-order valence-electron chi connectivity index (χ0n) is 15.8. The average Bonchev–Trinajstić information content (AvgIpc) is 2.76. The van der Waals surface area contributed by atoms with Crippen molar-refractivity contribution >= 4 is 51.6 Å². The Morgan fingerprint density at radius 2 is 2.13 bits per heavy atom. The Morgan fingerprint density at radius 1 is 1.33 bits per heavy atom. The van der Waals surface area contributed by atoms with E-state index in [-0.39, 0.29) is 39.6 Å². The molecule has 0 spiro atoms. The van der Waals surface area contributed by atoms with Crippen LogP contribution in [0, 0.1) is 5.82 Å². The van der Waals surface area contributed by atoms with E-state index in [1.165, 1.54) is 24.5 Å². The van der Waals surface area contributed by atoms with E-state index in [1.807, 2.05) is 6.92 Å². The molecule has 0 unspecified atom stereocenters. The molecule has 1 aliphatic heterocycles. The highest BCUT2D eigenvalue weighted by molar-refractivity contribution is 6.42. The first-order valence-corrected chi connectivity index (χ1v) is 9.76. The molecule has 7 nitrogen and oxygen atoms in total. The van der Waals surface area contributed by atoms with Crippen LogP contribution in [0.1, 0.15) is 6.92 Å². The van der Waals surface area contributed by atoms with Gasteiger partial charge in [-0.25, -0.2) is 19.3 Å². The number of amides is 1. The van der Waals surface area contributed by atoms with Crippen LogP contribution in [0.5, 0.6) is 5.88 Å². The van der Waals surface area contributed by atoms with Crippen molar-refractivity contribution in [1.82, 2.24) is 19.9 Å². The summed E-state index contributed by atoms with van der Waals surface area (Å²) >= 11 is 11.7. The molecule has 0 saturated carbocycles. The Hall–Kier alpha value is -2.97. The SMILES string of the molecule is C=CC(=O)N1C[C@@H](Oc2ccc3ncnc(Nc4ccc(Cl)c(Cl)c4F)c3n2)[C@@H]1C. The number of carbonyl (C=O) groups excluding carboxylic acids is 1. The first-order valence-electron chi connectivity index (χ1n) is 9.01. The van der Waals surface area contributed by atoms with Crippen molar-refractivity contribution in [3.05, 3.63) is 59.1 Å². The second-order valence-electron chi connectivity index (χ2n) is 6.68. The molecule has 4 rings (SSSR count). The van der Waals surface area contributed by atoms with Crippen molar-refractivity contribution in [2.45, 2.75) is 19.1 Å². The standard InChI is InChI=1S/C20H16Cl2FN5O2/c1-3-16(29)28-8-14(10(28)2)30-15-7-6-13-19(27-15)20(25-9-24-13)26-12-5-4-11(21)17(22)18(12)23/h3-7,9-10,14H,1,8H2,2H3,(H,24,25,26)/t10-,14+/m0/s1. The first kappa shape index (κ1) is 20.3. The van der Waals surface area contributed by atoms with Crippen LogP contribution in [0.15, 0.2) is 43.2 Å². The number of halogens is 3. The minimum atomic E-state index is -0.696. The van der Waals surface area contributed by atoms with E-state index in [1.54, 1.807) is 17.0 Å². The first-order chi connectivity index (χ1) is 14.4. The summed E-state index contributed by atoms with van der Waals surface area (Å²) in [5.41, 5.74) is 1.04. The molecule has 0 radical (unpaired) electrons. The zero-order valence-corrected chi connectivity index (χ0v) is 17.3. The summed E-state index contributed by atoms with van der Waals surface area (Å²) in [4.78, 5) is 26.2. The molecule has 3 aromatic rings. The van der Waals surface area contributed by atoms with Crippen molar-refractivity contribution in [2.75, 3.05) is 11.9 Å². The minimum absolute atomic E-state index is 0.101. The second-order valence-corrected chi connectivity index (χ2v) is 7.46. The summed E-state index contributed by atoms with van der Waals surface area (Å²) in [6.07, 6.45) is 2.42. The third-order valence-corrected chi connectivity index (χ3v) is 5.66. The molecule has 30 heavy (non-hydrogen) atoms. The van der Waals surface area contributed by atoms with Crippen molar-refractivity contribution in [3.63, 3.8) is 0 Å². The lowest BCUT2D eigenvalue weighted by molar-refractivity contribution is -0.141. The molecule has 154 valence electrons. The van der Waals surface area contributed by atoms with Gasteiger partial charge in [-0.15, -0.1) is 0 Å². The van der Waals surface area contributed by atoms with Crippen molar-refractivity contribution < 1.29 is 13.9 Å². The molecular formula is C20H16Cl2FN5O2. The number of carbonyl (C=O) groups is 1. The number of anilines is 2. The predicted octanol–water partition coefficient (Wildman–Crippen LogP) is 4.38.